The smallest absolute Gasteiger partial charge is 0.457 e. The van der Waals surface area contributed by atoms with E-state index in [1.165, 1.54) is 42.5 Å². The molecule has 0 saturated carbocycles. The van der Waals surface area contributed by atoms with E-state index in [1.807, 2.05) is 0 Å². The lowest BCUT2D eigenvalue weighted by atomic mass is 10.0. The average Bonchev–Trinajstić information content (AvgIpc) is 2.82. The zero-order valence-electron chi connectivity index (χ0n) is 19.8. The zero-order valence-corrected chi connectivity index (χ0v) is 20.6. The van der Waals surface area contributed by atoms with E-state index >= 15 is 0 Å². The Hall–Kier alpha value is -3.20. The first kappa shape index (κ1) is 31.3. The van der Waals surface area contributed by atoms with E-state index in [1.54, 1.807) is 0 Å². The van der Waals surface area contributed by atoms with E-state index in [4.69, 9.17) is 4.74 Å². The van der Waals surface area contributed by atoms with Gasteiger partial charge in [-0.2, -0.15) is 48.3 Å². The third-order valence-electron chi connectivity index (χ3n) is 5.27. The number of benzene rings is 3. The van der Waals surface area contributed by atoms with Crippen LogP contribution in [0.2, 0.25) is 0 Å². The topological polar surface area (TPSA) is 32.7 Å². The molecule has 3 aromatic carbocycles. The van der Waals surface area contributed by atoms with Gasteiger partial charge in [0.2, 0.25) is 0 Å². The Kier molecular flexibility index (Phi) is 9.19. The normalized spacial score (nSPS) is 13.7. The molecule has 1 N–H and O–H groups in total. The van der Waals surface area contributed by atoms with E-state index in [9.17, 15) is 53.4 Å². The zero-order chi connectivity index (χ0) is 29.9. The van der Waals surface area contributed by atoms with Crippen LogP contribution in [0.4, 0.5) is 54.0 Å². The molecule has 15 heteroatoms. The van der Waals surface area contributed by atoms with E-state index in [2.05, 4.69) is 0 Å². The molecule has 3 aromatic rings. The molecule has 218 valence electrons. The molecule has 0 saturated heterocycles. The van der Waals surface area contributed by atoms with Gasteiger partial charge in [-0.3, -0.25) is 0 Å². The van der Waals surface area contributed by atoms with Crippen LogP contribution >= 0.6 is 11.8 Å². The van der Waals surface area contributed by atoms with Gasteiger partial charge in [-0.05, 0) is 65.9 Å². The van der Waals surface area contributed by atoms with E-state index in [0.29, 0.717) is 12.1 Å². The number of nitrogens with zero attached hydrogens (tertiary/aromatic N) is 1. The fraction of sp³-hybridized carbons (Fsp3) is 0.280. The van der Waals surface area contributed by atoms with Crippen LogP contribution in [0.15, 0.2) is 77.7 Å². The van der Waals surface area contributed by atoms with Gasteiger partial charge in [0.25, 0.3) is 0 Å². The minimum Gasteiger partial charge on any atom is -0.457 e. The molecule has 3 nitrogen and oxygen atoms in total. The van der Waals surface area contributed by atoms with Gasteiger partial charge in [-0.1, -0.05) is 24.3 Å². The molecule has 0 aliphatic rings. The number of halogens is 11. The van der Waals surface area contributed by atoms with Crippen molar-refractivity contribution in [2.24, 2.45) is 0 Å². The SMILES string of the molecule is O[C@H](CN(Cc1cccc(C(F)(F)C(F)(F)F)c1)c1ccc(Oc2cccc(SC(F)(F)F)c2)cc1)C(F)(F)F. The summed E-state index contributed by atoms with van der Waals surface area (Å²) < 4.78 is 148. The highest BCUT2D eigenvalue weighted by molar-refractivity contribution is 8.00. The fourth-order valence-corrected chi connectivity index (χ4v) is 4.01. The predicted molar refractivity (Wildman–Crippen MR) is 124 cm³/mol. The number of aliphatic hydroxyl groups is 1. The highest BCUT2D eigenvalue weighted by Crippen LogP contribution is 2.44. The highest BCUT2D eigenvalue weighted by atomic mass is 32.2. The first-order valence-corrected chi connectivity index (χ1v) is 11.8. The minimum absolute atomic E-state index is 0.00464. The quantitative estimate of drug-likeness (QED) is 0.196. The van der Waals surface area contributed by atoms with Crippen LogP contribution in [-0.2, 0) is 12.5 Å². The number of alkyl halides is 11. The van der Waals surface area contributed by atoms with Gasteiger partial charge < -0.3 is 14.7 Å². The molecule has 0 aromatic heterocycles. The molecule has 0 heterocycles. The summed E-state index contributed by atoms with van der Waals surface area (Å²) in [6.07, 6.45) is -13.9. The number of rotatable bonds is 9. The lowest BCUT2D eigenvalue weighted by Gasteiger charge is -2.29. The number of ether oxygens (including phenoxy) is 1. The minimum atomic E-state index is -5.90. The second-order valence-electron chi connectivity index (χ2n) is 8.33. The molecule has 0 radical (unpaired) electrons. The second-order valence-corrected chi connectivity index (χ2v) is 9.47. The first-order valence-electron chi connectivity index (χ1n) is 11.0. The van der Waals surface area contributed by atoms with Crippen molar-refractivity contribution in [3.05, 3.63) is 83.9 Å². The van der Waals surface area contributed by atoms with Gasteiger partial charge in [0.05, 0.1) is 6.54 Å². The predicted octanol–water partition coefficient (Wildman–Crippen LogP) is 8.67. The van der Waals surface area contributed by atoms with Crippen molar-refractivity contribution in [1.29, 1.82) is 0 Å². The van der Waals surface area contributed by atoms with Gasteiger partial charge in [0.15, 0.2) is 6.10 Å². The van der Waals surface area contributed by atoms with Crippen LogP contribution in [0.5, 0.6) is 11.5 Å². The van der Waals surface area contributed by atoms with Gasteiger partial charge in [-0.25, -0.2) is 0 Å². The van der Waals surface area contributed by atoms with Gasteiger partial charge >= 0.3 is 23.8 Å². The average molecular weight is 605 g/mol. The maximum absolute atomic E-state index is 13.8. The number of thioether (sulfide) groups is 1. The maximum Gasteiger partial charge on any atom is 0.458 e. The lowest BCUT2D eigenvalue weighted by Crippen LogP contribution is -2.41. The number of anilines is 1. The molecule has 40 heavy (non-hydrogen) atoms. The van der Waals surface area contributed by atoms with E-state index < -0.39 is 48.5 Å². The van der Waals surface area contributed by atoms with Gasteiger partial charge in [0.1, 0.15) is 11.5 Å². The molecule has 0 fully saturated rings. The maximum atomic E-state index is 13.8. The Labute approximate surface area is 224 Å². The van der Waals surface area contributed by atoms with Crippen molar-refractivity contribution in [3.63, 3.8) is 0 Å². The summed E-state index contributed by atoms with van der Waals surface area (Å²) in [6.45, 7) is -1.69. The van der Waals surface area contributed by atoms with E-state index in [0.717, 1.165) is 23.1 Å². The molecule has 3 rings (SSSR count). The summed E-state index contributed by atoms with van der Waals surface area (Å²) in [5.41, 5.74) is -6.14. The van der Waals surface area contributed by atoms with Crippen LogP contribution in [0, 0.1) is 0 Å². The van der Waals surface area contributed by atoms with Crippen LogP contribution in [0.25, 0.3) is 0 Å². The standard InChI is InChI=1S/C25H18F11NO2S/c26-22(27,24(31,32)33)16-4-1-3-15(11-16)13-37(14-21(38)23(28,29)30)17-7-9-18(10-8-17)39-19-5-2-6-20(12-19)40-25(34,35)36/h1-12,21,38H,13-14H2/t21-/m1/s1. The monoisotopic (exact) mass is 605 g/mol. The largest absolute Gasteiger partial charge is 0.458 e. The molecule has 0 aliphatic carbocycles. The molecule has 0 amide bonds. The van der Waals surface area contributed by atoms with Crippen LogP contribution < -0.4 is 9.64 Å². The van der Waals surface area contributed by atoms with Crippen LogP contribution in [0.1, 0.15) is 11.1 Å². The molecule has 0 aliphatic heterocycles. The second kappa shape index (κ2) is 11.7. The van der Waals surface area contributed by atoms with E-state index in [-0.39, 0.29) is 39.4 Å². The molecular weight excluding hydrogens is 587 g/mol. The summed E-state index contributed by atoms with van der Waals surface area (Å²) in [7, 11) is 0. The van der Waals surface area contributed by atoms with Crippen molar-refractivity contribution in [1.82, 2.24) is 0 Å². The third-order valence-corrected chi connectivity index (χ3v) is 5.99. The van der Waals surface area contributed by atoms with Gasteiger partial charge in [0, 0.05) is 22.7 Å². The highest BCUT2D eigenvalue weighted by Gasteiger charge is 2.58. The van der Waals surface area contributed by atoms with Crippen LogP contribution in [-0.4, -0.2) is 35.6 Å². The molecular formula is C25H18F11NO2S. The van der Waals surface area contributed by atoms with Crippen molar-refractivity contribution in [2.75, 3.05) is 11.4 Å². The number of hydrogen-bond acceptors (Lipinski definition) is 4. The van der Waals surface area contributed by atoms with Crippen molar-refractivity contribution < 1.29 is 58.1 Å². The first-order chi connectivity index (χ1) is 18.3. The van der Waals surface area contributed by atoms with Crippen molar-refractivity contribution >= 4 is 17.4 Å². The summed E-state index contributed by atoms with van der Waals surface area (Å²) >= 11 is -0.368. The summed E-state index contributed by atoms with van der Waals surface area (Å²) in [5.74, 6) is -5.12. The van der Waals surface area contributed by atoms with Crippen LogP contribution in [0.3, 0.4) is 0 Å². The van der Waals surface area contributed by atoms with Crippen molar-refractivity contribution in [3.8, 4) is 11.5 Å². The molecule has 0 spiro atoms. The summed E-state index contributed by atoms with van der Waals surface area (Å²) in [6, 6.07) is 13.0. The number of aliphatic hydroxyl groups excluding tert-OH is 1. The summed E-state index contributed by atoms with van der Waals surface area (Å²) in [4.78, 5) is 0.750. The number of hydrogen-bond donors (Lipinski definition) is 1. The Morgan fingerprint density at radius 1 is 0.750 bits per heavy atom. The molecule has 1 atom stereocenters. The summed E-state index contributed by atoms with van der Waals surface area (Å²) in [5, 5.41) is 9.60. The Morgan fingerprint density at radius 3 is 1.95 bits per heavy atom. The van der Waals surface area contributed by atoms with Gasteiger partial charge in [-0.15, -0.1) is 0 Å². The Morgan fingerprint density at radius 2 is 1.38 bits per heavy atom. The fourth-order valence-electron chi connectivity index (χ4n) is 3.42. The third kappa shape index (κ3) is 8.40. The molecule has 0 unspecified atom stereocenters. The Bertz CT molecular complexity index is 1280. The van der Waals surface area contributed by atoms with Crippen molar-refractivity contribution in [2.45, 2.75) is 41.3 Å². The lowest BCUT2D eigenvalue weighted by molar-refractivity contribution is -0.289. The molecule has 0 bridgehead atoms. The Balaban J connectivity index is 1.86.